The summed E-state index contributed by atoms with van der Waals surface area (Å²) in [5.41, 5.74) is 6.49. The molecule has 0 amide bonds. The fourth-order valence-electron chi connectivity index (χ4n) is 4.64. The molecule has 6 nitrogen and oxygen atoms in total. The molecule has 0 bridgehead atoms. The number of nitrogens with one attached hydrogen (secondary N) is 1. The number of ether oxygens (including phenoxy) is 2. The number of nitrogens with zero attached hydrogens (tertiary/aromatic N) is 3. The first kappa shape index (κ1) is 22.9. The van der Waals surface area contributed by atoms with E-state index >= 15 is 0 Å². The Labute approximate surface area is 211 Å². The maximum absolute atomic E-state index is 5.91. The fraction of sp³-hybridized carbons (Fsp3) is 0.214. The highest BCUT2D eigenvalue weighted by atomic mass is 32.1. The van der Waals surface area contributed by atoms with Crippen LogP contribution >= 0.6 is 12.2 Å². The lowest BCUT2D eigenvalue weighted by molar-refractivity contribution is 0.394. The Bertz CT molecular complexity index is 1370. The van der Waals surface area contributed by atoms with Crippen LogP contribution in [0.3, 0.4) is 0 Å². The number of hydrogen-bond donors (Lipinski definition) is 1. The van der Waals surface area contributed by atoms with Gasteiger partial charge in [0.05, 0.1) is 31.6 Å². The summed E-state index contributed by atoms with van der Waals surface area (Å²) in [5.74, 6) is 1.41. The standard InChI is InChI=1S/C28H28N4O2S/c1-18-10-11-20(16-19(18)2)31-15-7-9-24(31)27-26(22-8-5-6-14-29-22)30-28(35)32(27)23-13-12-21(33-3)17-25(23)34-4/h5-17,26-27H,1-4H3,(H,30,35). The van der Waals surface area contributed by atoms with E-state index in [0.29, 0.717) is 10.9 Å². The van der Waals surface area contributed by atoms with E-state index < -0.39 is 0 Å². The monoisotopic (exact) mass is 484 g/mol. The van der Waals surface area contributed by atoms with Gasteiger partial charge >= 0.3 is 0 Å². The van der Waals surface area contributed by atoms with E-state index in [4.69, 9.17) is 21.7 Å². The van der Waals surface area contributed by atoms with Crippen LogP contribution in [0.25, 0.3) is 5.69 Å². The Kier molecular flexibility index (Phi) is 6.17. The maximum Gasteiger partial charge on any atom is 0.174 e. The number of thiocarbonyl (C=S) groups is 1. The molecule has 35 heavy (non-hydrogen) atoms. The van der Waals surface area contributed by atoms with Crippen LogP contribution in [-0.4, -0.2) is 28.9 Å². The topological polar surface area (TPSA) is 51.5 Å². The number of methoxy groups -OCH3 is 2. The maximum atomic E-state index is 5.91. The summed E-state index contributed by atoms with van der Waals surface area (Å²) >= 11 is 5.91. The van der Waals surface area contributed by atoms with Crippen molar-refractivity contribution in [1.82, 2.24) is 14.9 Å². The first-order valence-corrected chi connectivity index (χ1v) is 11.9. The lowest BCUT2D eigenvalue weighted by atomic mass is 10.00. The third kappa shape index (κ3) is 4.12. The van der Waals surface area contributed by atoms with Crippen molar-refractivity contribution in [2.75, 3.05) is 19.1 Å². The first-order chi connectivity index (χ1) is 17.0. The molecule has 1 aliphatic rings. The number of aromatic nitrogens is 2. The summed E-state index contributed by atoms with van der Waals surface area (Å²) in [4.78, 5) is 6.80. The zero-order chi connectivity index (χ0) is 24.5. The number of anilines is 1. The zero-order valence-electron chi connectivity index (χ0n) is 20.2. The van der Waals surface area contributed by atoms with E-state index in [1.54, 1.807) is 14.2 Å². The zero-order valence-corrected chi connectivity index (χ0v) is 21.0. The van der Waals surface area contributed by atoms with Crippen LogP contribution in [0, 0.1) is 13.8 Å². The van der Waals surface area contributed by atoms with Crippen LogP contribution in [0.4, 0.5) is 5.69 Å². The molecule has 1 saturated heterocycles. The fourth-order valence-corrected chi connectivity index (χ4v) is 4.98. The smallest absolute Gasteiger partial charge is 0.174 e. The van der Waals surface area contributed by atoms with Gasteiger partial charge in [-0.05, 0) is 85.7 Å². The summed E-state index contributed by atoms with van der Waals surface area (Å²) in [7, 11) is 3.31. The van der Waals surface area contributed by atoms with E-state index in [0.717, 1.165) is 28.5 Å². The van der Waals surface area contributed by atoms with Gasteiger partial charge in [0.1, 0.15) is 17.5 Å². The predicted octanol–water partition coefficient (Wildman–Crippen LogP) is 5.68. The molecule has 178 valence electrons. The first-order valence-electron chi connectivity index (χ1n) is 11.5. The molecule has 7 heteroatoms. The van der Waals surface area contributed by atoms with E-state index in [9.17, 15) is 0 Å². The summed E-state index contributed by atoms with van der Waals surface area (Å²) in [6.45, 7) is 4.27. The molecule has 2 atom stereocenters. The Balaban J connectivity index is 1.69. The number of hydrogen-bond acceptors (Lipinski definition) is 4. The van der Waals surface area contributed by atoms with Crippen LogP contribution in [0.15, 0.2) is 79.1 Å². The summed E-state index contributed by atoms with van der Waals surface area (Å²) in [5, 5.41) is 4.14. The van der Waals surface area contributed by atoms with Crippen molar-refractivity contribution in [3.05, 3.63) is 102 Å². The molecule has 0 saturated carbocycles. The minimum Gasteiger partial charge on any atom is -0.497 e. The van der Waals surface area contributed by atoms with Gasteiger partial charge in [-0.25, -0.2) is 0 Å². The number of benzene rings is 2. The highest BCUT2D eigenvalue weighted by Crippen LogP contribution is 2.45. The van der Waals surface area contributed by atoms with Crippen molar-refractivity contribution in [2.24, 2.45) is 0 Å². The third-order valence-electron chi connectivity index (χ3n) is 6.60. The molecule has 1 N–H and O–H groups in total. The molecular weight excluding hydrogens is 456 g/mol. The van der Waals surface area contributed by atoms with Crippen molar-refractivity contribution in [2.45, 2.75) is 25.9 Å². The van der Waals surface area contributed by atoms with Gasteiger partial charge in [0.15, 0.2) is 5.11 Å². The SMILES string of the molecule is COc1ccc(N2C(=S)NC(c3ccccn3)C2c2cccn2-c2ccc(C)c(C)c2)c(OC)c1. The van der Waals surface area contributed by atoms with Gasteiger partial charge in [-0.1, -0.05) is 12.1 Å². The predicted molar refractivity (Wildman–Crippen MR) is 143 cm³/mol. The van der Waals surface area contributed by atoms with Gasteiger partial charge in [0, 0.05) is 29.8 Å². The molecule has 1 fully saturated rings. The molecule has 0 radical (unpaired) electrons. The molecule has 2 aromatic heterocycles. The molecular formula is C28H28N4O2S. The summed E-state index contributed by atoms with van der Waals surface area (Å²) in [6, 6.07) is 22.2. The average molecular weight is 485 g/mol. The molecule has 0 spiro atoms. The largest absolute Gasteiger partial charge is 0.497 e. The Morgan fingerprint density at radius 1 is 0.914 bits per heavy atom. The van der Waals surface area contributed by atoms with Crippen molar-refractivity contribution in [1.29, 1.82) is 0 Å². The molecule has 0 aliphatic carbocycles. The molecule has 1 aliphatic heterocycles. The highest BCUT2D eigenvalue weighted by Gasteiger charge is 2.43. The Hall–Kier alpha value is -3.84. The van der Waals surface area contributed by atoms with E-state index in [1.165, 1.54) is 11.1 Å². The second-order valence-electron chi connectivity index (χ2n) is 8.61. The number of pyridine rings is 1. The number of rotatable bonds is 6. The lowest BCUT2D eigenvalue weighted by Crippen LogP contribution is -2.30. The van der Waals surface area contributed by atoms with Crippen LogP contribution in [0.5, 0.6) is 11.5 Å². The van der Waals surface area contributed by atoms with E-state index in [2.05, 4.69) is 70.1 Å². The molecule has 2 aromatic carbocycles. The normalized spacial score (nSPS) is 17.4. The summed E-state index contributed by atoms with van der Waals surface area (Å²) < 4.78 is 13.4. The molecule has 5 rings (SSSR count). The van der Waals surface area contributed by atoms with Crippen LogP contribution in [-0.2, 0) is 0 Å². The minimum atomic E-state index is -0.170. The van der Waals surface area contributed by atoms with Crippen molar-refractivity contribution < 1.29 is 9.47 Å². The van der Waals surface area contributed by atoms with Crippen molar-refractivity contribution in [3.63, 3.8) is 0 Å². The van der Waals surface area contributed by atoms with Crippen molar-refractivity contribution >= 4 is 23.0 Å². The van der Waals surface area contributed by atoms with Crippen LogP contribution < -0.4 is 19.7 Å². The second kappa shape index (κ2) is 9.43. The quantitative estimate of drug-likeness (QED) is 0.355. The lowest BCUT2D eigenvalue weighted by Gasteiger charge is -2.30. The second-order valence-corrected chi connectivity index (χ2v) is 8.99. The summed E-state index contributed by atoms with van der Waals surface area (Å²) in [6.07, 6.45) is 3.91. The van der Waals surface area contributed by atoms with Gasteiger partial charge in [-0.15, -0.1) is 0 Å². The van der Waals surface area contributed by atoms with Crippen LogP contribution in [0.2, 0.25) is 0 Å². The van der Waals surface area contributed by atoms with Crippen LogP contribution in [0.1, 0.15) is 34.6 Å². The van der Waals surface area contributed by atoms with Gasteiger partial charge in [-0.2, -0.15) is 0 Å². The molecule has 2 unspecified atom stereocenters. The van der Waals surface area contributed by atoms with E-state index in [1.807, 2.05) is 42.6 Å². The number of aryl methyl sites for hydroxylation is 2. The van der Waals surface area contributed by atoms with Gasteiger partial charge in [0.2, 0.25) is 0 Å². The third-order valence-corrected chi connectivity index (χ3v) is 6.91. The Morgan fingerprint density at radius 3 is 2.49 bits per heavy atom. The van der Waals surface area contributed by atoms with E-state index in [-0.39, 0.29) is 12.1 Å². The molecule has 4 aromatic rings. The molecule has 3 heterocycles. The minimum absolute atomic E-state index is 0.157. The van der Waals surface area contributed by atoms with Gasteiger partial charge in [0.25, 0.3) is 0 Å². The Morgan fingerprint density at radius 2 is 1.77 bits per heavy atom. The van der Waals surface area contributed by atoms with Gasteiger partial charge in [-0.3, -0.25) is 4.98 Å². The van der Waals surface area contributed by atoms with Crippen molar-refractivity contribution in [3.8, 4) is 17.2 Å². The average Bonchev–Trinajstić information content (AvgIpc) is 3.50. The van der Waals surface area contributed by atoms with Gasteiger partial charge < -0.3 is 24.3 Å². The highest BCUT2D eigenvalue weighted by molar-refractivity contribution is 7.80.